The molecule has 0 amide bonds. The summed E-state index contributed by atoms with van der Waals surface area (Å²) in [5.74, 6) is 0.736. The smallest absolute Gasteiger partial charge is 0.212 e. The van der Waals surface area contributed by atoms with Crippen molar-refractivity contribution in [3.8, 4) is 5.88 Å². The van der Waals surface area contributed by atoms with Crippen LogP contribution >= 0.6 is 0 Å². The van der Waals surface area contributed by atoms with Gasteiger partial charge in [0.05, 0.1) is 7.11 Å². The van der Waals surface area contributed by atoms with Gasteiger partial charge < -0.3 is 15.6 Å². The van der Waals surface area contributed by atoms with Crippen LogP contribution < -0.4 is 10.5 Å². The number of nitrogens with two attached hydrogens (primary N) is 1. The van der Waals surface area contributed by atoms with Crippen LogP contribution in [0.2, 0.25) is 0 Å². The fourth-order valence-corrected chi connectivity index (χ4v) is 1.60. The number of nitrogens with zero attached hydrogens (tertiary/aromatic N) is 1. The van der Waals surface area contributed by atoms with Gasteiger partial charge in [-0.3, -0.25) is 0 Å². The number of methoxy groups -OCH3 is 1. The molecule has 4 heteroatoms. The molecule has 0 aliphatic heterocycles. The summed E-state index contributed by atoms with van der Waals surface area (Å²) >= 11 is 0. The summed E-state index contributed by atoms with van der Waals surface area (Å²) in [4.78, 5) is 4.12. The fourth-order valence-electron chi connectivity index (χ4n) is 1.60. The minimum absolute atomic E-state index is 0.00680. The van der Waals surface area contributed by atoms with Crippen molar-refractivity contribution >= 4 is 0 Å². The van der Waals surface area contributed by atoms with Crippen molar-refractivity contribution in [1.29, 1.82) is 0 Å². The molecule has 1 heterocycles. The Kier molecular flexibility index (Phi) is 4.52. The molecule has 0 saturated heterocycles. The monoisotopic (exact) mass is 210 g/mol. The molecule has 4 nitrogen and oxygen atoms in total. The number of aliphatic hydroxyl groups is 1. The van der Waals surface area contributed by atoms with E-state index in [0.29, 0.717) is 12.3 Å². The quantitative estimate of drug-likeness (QED) is 0.757. The lowest BCUT2D eigenvalue weighted by molar-refractivity contribution is 0.269. The van der Waals surface area contributed by atoms with Crippen molar-refractivity contribution < 1.29 is 9.84 Å². The van der Waals surface area contributed by atoms with E-state index in [-0.39, 0.29) is 18.6 Å². The molecule has 0 spiro atoms. The van der Waals surface area contributed by atoms with Crippen LogP contribution in [0.4, 0.5) is 0 Å². The number of aromatic nitrogens is 1. The van der Waals surface area contributed by atoms with Gasteiger partial charge in [-0.1, -0.05) is 6.07 Å². The zero-order valence-electron chi connectivity index (χ0n) is 9.18. The summed E-state index contributed by atoms with van der Waals surface area (Å²) in [7, 11) is 1.58. The highest BCUT2D eigenvalue weighted by Gasteiger charge is 2.15. The van der Waals surface area contributed by atoms with Crippen LogP contribution in [0.3, 0.4) is 0 Å². The SMILES string of the molecule is COc1ccc(C(CCO)C(C)N)cn1. The maximum atomic E-state index is 8.95. The van der Waals surface area contributed by atoms with Crippen LogP contribution in [-0.4, -0.2) is 29.8 Å². The van der Waals surface area contributed by atoms with Crippen LogP contribution in [0.15, 0.2) is 18.3 Å². The predicted molar refractivity (Wildman–Crippen MR) is 58.9 cm³/mol. The lowest BCUT2D eigenvalue weighted by atomic mass is 9.91. The number of ether oxygens (including phenoxy) is 1. The molecular formula is C11H18N2O2. The Bertz CT molecular complexity index is 285. The first-order chi connectivity index (χ1) is 7.19. The second-order valence-corrected chi connectivity index (χ2v) is 3.61. The second-order valence-electron chi connectivity index (χ2n) is 3.61. The molecule has 2 atom stereocenters. The van der Waals surface area contributed by atoms with Crippen molar-refractivity contribution in [1.82, 2.24) is 4.98 Å². The van der Waals surface area contributed by atoms with Crippen molar-refractivity contribution in [3.05, 3.63) is 23.9 Å². The highest BCUT2D eigenvalue weighted by Crippen LogP contribution is 2.22. The molecule has 1 rings (SSSR count). The third kappa shape index (κ3) is 3.18. The van der Waals surface area contributed by atoms with Crippen LogP contribution in [0, 0.1) is 0 Å². The standard InChI is InChI=1S/C11H18N2O2/c1-8(12)10(5-6-14)9-3-4-11(15-2)13-7-9/h3-4,7-8,10,14H,5-6,12H2,1-2H3. The van der Waals surface area contributed by atoms with Gasteiger partial charge >= 0.3 is 0 Å². The topological polar surface area (TPSA) is 68.4 Å². The number of aliphatic hydroxyl groups excluding tert-OH is 1. The molecule has 0 saturated carbocycles. The largest absolute Gasteiger partial charge is 0.481 e. The molecule has 0 aromatic carbocycles. The van der Waals surface area contributed by atoms with Gasteiger partial charge in [0.15, 0.2) is 0 Å². The van der Waals surface area contributed by atoms with Crippen LogP contribution in [0.5, 0.6) is 5.88 Å². The van der Waals surface area contributed by atoms with Gasteiger partial charge in [0.25, 0.3) is 0 Å². The molecule has 15 heavy (non-hydrogen) atoms. The Labute approximate surface area is 90.1 Å². The summed E-state index contributed by atoms with van der Waals surface area (Å²) < 4.78 is 4.98. The first-order valence-electron chi connectivity index (χ1n) is 5.05. The molecule has 2 unspecified atom stereocenters. The Hall–Kier alpha value is -1.13. The van der Waals surface area contributed by atoms with Crippen molar-refractivity contribution in [3.63, 3.8) is 0 Å². The third-order valence-corrected chi connectivity index (χ3v) is 2.47. The van der Waals surface area contributed by atoms with Gasteiger partial charge in [-0.05, 0) is 18.9 Å². The molecule has 0 fully saturated rings. The minimum atomic E-state index is 0.00680. The summed E-state index contributed by atoms with van der Waals surface area (Å²) in [6, 6.07) is 3.75. The van der Waals surface area contributed by atoms with E-state index in [0.717, 1.165) is 5.56 Å². The summed E-state index contributed by atoms with van der Waals surface area (Å²) in [5.41, 5.74) is 6.90. The predicted octanol–water partition coefficient (Wildman–Crippen LogP) is 0.903. The number of hydrogen-bond acceptors (Lipinski definition) is 4. The molecule has 3 N–H and O–H groups in total. The van der Waals surface area contributed by atoms with Gasteiger partial charge in [-0.15, -0.1) is 0 Å². The summed E-state index contributed by atoms with van der Waals surface area (Å²) in [6.45, 7) is 2.07. The van der Waals surface area contributed by atoms with Gasteiger partial charge in [0.1, 0.15) is 0 Å². The molecule has 0 aliphatic carbocycles. The molecule has 0 bridgehead atoms. The Balaban J connectivity index is 2.81. The van der Waals surface area contributed by atoms with E-state index in [2.05, 4.69) is 4.98 Å². The Morgan fingerprint density at radius 3 is 2.67 bits per heavy atom. The third-order valence-electron chi connectivity index (χ3n) is 2.47. The zero-order chi connectivity index (χ0) is 11.3. The highest BCUT2D eigenvalue weighted by molar-refractivity contribution is 5.22. The Morgan fingerprint density at radius 1 is 1.53 bits per heavy atom. The molecule has 1 aromatic rings. The number of rotatable bonds is 5. The lowest BCUT2D eigenvalue weighted by Crippen LogP contribution is -2.25. The second kappa shape index (κ2) is 5.68. The van der Waals surface area contributed by atoms with Crippen LogP contribution in [-0.2, 0) is 0 Å². The van der Waals surface area contributed by atoms with E-state index in [9.17, 15) is 0 Å². The van der Waals surface area contributed by atoms with Crippen molar-refractivity contribution in [2.75, 3.05) is 13.7 Å². The van der Waals surface area contributed by atoms with Gasteiger partial charge in [0.2, 0.25) is 5.88 Å². The number of pyridine rings is 1. The first kappa shape index (κ1) is 11.9. The maximum absolute atomic E-state index is 8.95. The van der Waals surface area contributed by atoms with E-state index in [1.165, 1.54) is 0 Å². The fraction of sp³-hybridized carbons (Fsp3) is 0.545. The maximum Gasteiger partial charge on any atom is 0.212 e. The Morgan fingerprint density at radius 2 is 2.27 bits per heavy atom. The molecule has 1 aromatic heterocycles. The van der Waals surface area contributed by atoms with E-state index in [4.69, 9.17) is 15.6 Å². The zero-order valence-corrected chi connectivity index (χ0v) is 9.18. The van der Waals surface area contributed by atoms with Gasteiger partial charge in [-0.25, -0.2) is 4.98 Å². The average Bonchev–Trinajstić information content (AvgIpc) is 2.26. The first-order valence-corrected chi connectivity index (χ1v) is 5.05. The van der Waals surface area contributed by atoms with Gasteiger partial charge in [-0.2, -0.15) is 0 Å². The van der Waals surface area contributed by atoms with E-state index in [1.54, 1.807) is 13.3 Å². The minimum Gasteiger partial charge on any atom is -0.481 e. The van der Waals surface area contributed by atoms with E-state index >= 15 is 0 Å². The molecule has 0 radical (unpaired) electrons. The number of hydrogen-bond donors (Lipinski definition) is 2. The normalized spacial score (nSPS) is 14.7. The van der Waals surface area contributed by atoms with E-state index < -0.39 is 0 Å². The van der Waals surface area contributed by atoms with Gasteiger partial charge in [0, 0.05) is 30.8 Å². The van der Waals surface area contributed by atoms with Crippen molar-refractivity contribution in [2.45, 2.75) is 25.3 Å². The molecular weight excluding hydrogens is 192 g/mol. The molecule has 84 valence electrons. The average molecular weight is 210 g/mol. The lowest BCUT2D eigenvalue weighted by Gasteiger charge is -2.19. The van der Waals surface area contributed by atoms with E-state index in [1.807, 2.05) is 19.1 Å². The summed E-state index contributed by atoms with van der Waals surface area (Å²) in [6.07, 6.45) is 2.41. The van der Waals surface area contributed by atoms with Crippen LogP contribution in [0.25, 0.3) is 0 Å². The highest BCUT2D eigenvalue weighted by atomic mass is 16.5. The van der Waals surface area contributed by atoms with Crippen molar-refractivity contribution in [2.24, 2.45) is 5.73 Å². The van der Waals surface area contributed by atoms with Crippen LogP contribution in [0.1, 0.15) is 24.8 Å². The summed E-state index contributed by atoms with van der Waals surface area (Å²) in [5, 5.41) is 8.95. The molecule has 0 aliphatic rings.